The van der Waals surface area contributed by atoms with Gasteiger partial charge >= 0.3 is 0 Å². The number of aromatic nitrogens is 5. The van der Waals surface area contributed by atoms with E-state index in [0.717, 1.165) is 21.4 Å². The highest BCUT2D eigenvalue weighted by Crippen LogP contribution is 2.19. The van der Waals surface area contributed by atoms with E-state index in [1.165, 1.54) is 0 Å². The summed E-state index contributed by atoms with van der Waals surface area (Å²) in [4.78, 5) is 16.2. The first kappa shape index (κ1) is 16.4. The fourth-order valence-electron chi connectivity index (χ4n) is 2.29. The van der Waals surface area contributed by atoms with Crippen molar-refractivity contribution in [3.63, 3.8) is 0 Å². The molecule has 3 heterocycles. The van der Waals surface area contributed by atoms with Crippen LogP contribution >= 0.6 is 15.9 Å². The Balaban J connectivity index is 1.64. The van der Waals surface area contributed by atoms with E-state index in [1.54, 1.807) is 29.3 Å². The van der Waals surface area contributed by atoms with Crippen molar-refractivity contribution in [1.82, 2.24) is 29.9 Å². The molecule has 0 aromatic carbocycles. The number of hydrogen-bond donors (Lipinski definition) is 1. The molecule has 0 bridgehead atoms. The standard InChI is InChI=1S/C16H17BrN6O/c1-11-15(17)12(2)23(20-11)10-22-7-5-14(21-22)16(24)19-9-13-4-3-6-18-8-13/h3-8H,9-10H2,1-2H3,(H,19,24). The first-order chi connectivity index (χ1) is 11.5. The summed E-state index contributed by atoms with van der Waals surface area (Å²) < 4.78 is 4.51. The number of hydrogen-bond acceptors (Lipinski definition) is 4. The summed E-state index contributed by atoms with van der Waals surface area (Å²) in [6, 6.07) is 5.44. The highest BCUT2D eigenvalue weighted by molar-refractivity contribution is 9.10. The van der Waals surface area contributed by atoms with Crippen molar-refractivity contribution >= 4 is 21.8 Å². The smallest absolute Gasteiger partial charge is 0.272 e. The van der Waals surface area contributed by atoms with Gasteiger partial charge < -0.3 is 5.32 Å². The highest BCUT2D eigenvalue weighted by atomic mass is 79.9. The van der Waals surface area contributed by atoms with Crippen molar-refractivity contribution in [2.24, 2.45) is 0 Å². The van der Waals surface area contributed by atoms with Gasteiger partial charge in [-0.25, -0.2) is 4.68 Å². The lowest BCUT2D eigenvalue weighted by atomic mass is 10.3. The number of nitrogens with one attached hydrogen (secondary N) is 1. The molecule has 0 saturated carbocycles. The predicted molar refractivity (Wildman–Crippen MR) is 92.4 cm³/mol. The maximum absolute atomic E-state index is 12.2. The Kier molecular flexibility index (Phi) is 4.75. The molecule has 7 nitrogen and oxygen atoms in total. The minimum atomic E-state index is -0.216. The van der Waals surface area contributed by atoms with Crippen molar-refractivity contribution < 1.29 is 4.79 Å². The zero-order valence-electron chi connectivity index (χ0n) is 13.4. The molecule has 3 rings (SSSR count). The molecule has 124 valence electrons. The van der Waals surface area contributed by atoms with E-state index in [9.17, 15) is 4.79 Å². The van der Waals surface area contributed by atoms with E-state index in [-0.39, 0.29) is 5.91 Å². The van der Waals surface area contributed by atoms with Crippen LogP contribution < -0.4 is 5.32 Å². The van der Waals surface area contributed by atoms with Crippen LogP contribution in [0, 0.1) is 13.8 Å². The summed E-state index contributed by atoms with van der Waals surface area (Å²) in [6.45, 7) is 4.79. The predicted octanol–water partition coefficient (Wildman–Crippen LogP) is 2.29. The number of amides is 1. The van der Waals surface area contributed by atoms with Crippen LogP contribution in [0.2, 0.25) is 0 Å². The van der Waals surface area contributed by atoms with Crippen LogP contribution in [0.15, 0.2) is 41.3 Å². The van der Waals surface area contributed by atoms with E-state index in [4.69, 9.17) is 0 Å². The molecule has 0 spiro atoms. The van der Waals surface area contributed by atoms with Gasteiger partial charge in [-0.3, -0.25) is 14.5 Å². The second kappa shape index (κ2) is 6.96. The molecular formula is C16H17BrN6O. The van der Waals surface area contributed by atoms with Crippen molar-refractivity contribution in [2.75, 3.05) is 0 Å². The number of nitrogens with zero attached hydrogens (tertiary/aromatic N) is 5. The fraction of sp³-hybridized carbons (Fsp3) is 0.250. The largest absolute Gasteiger partial charge is 0.347 e. The van der Waals surface area contributed by atoms with Gasteiger partial charge in [0.25, 0.3) is 5.91 Å². The van der Waals surface area contributed by atoms with Crippen molar-refractivity contribution in [1.29, 1.82) is 0 Å². The quantitative estimate of drug-likeness (QED) is 0.727. The van der Waals surface area contributed by atoms with E-state index >= 15 is 0 Å². The third-order valence-corrected chi connectivity index (χ3v) is 4.77. The third kappa shape index (κ3) is 3.53. The molecule has 3 aromatic heterocycles. The Morgan fingerprint density at radius 3 is 2.79 bits per heavy atom. The molecule has 0 aliphatic carbocycles. The minimum absolute atomic E-state index is 0.216. The Morgan fingerprint density at radius 1 is 1.29 bits per heavy atom. The average molecular weight is 389 g/mol. The maximum atomic E-state index is 12.2. The van der Waals surface area contributed by atoms with Gasteiger partial charge in [0.15, 0.2) is 0 Å². The molecule has 0 fully saturated rings. The second-order valence-electron chi connectivity index (χ2n) is 5.41. The second-order valence-corrected chi connectivity index (χ2v) is 6.20. The first-order valence-electron chi connectivity index (χ1n) is 7.44. The van der Waals surface area contributed by atoms with Crippen molar-refractivity contribution in [2.45, 2.75) is 27.1 Å². The van der Waals surface area contributed by atoms with Crippen LogP contribution in [0.1, 0.15) is 27.4 Å². The fourth-order valence-corrected chi connectivity index (χ4v) is 2.57. The SMILES string of the molecule is Cc1nn(Cn2ccc(C(=O)NCc3cccnc3)n2)c(C)c1Br. The molecule has 1 amide bonds. The number of halogens is 1. The summed E-state index contributed by atoms with van der Waals surface area (Å²) in [5.41, 5.74) is 3.26. The Morgan fingerprint density at radius 2 is 2.12 bits per heavy atom. The van der Waals surface area contributed by atoms with Crippen LogP contribution in [0.5, 0.6) is 0 Å². The van der Waals surface area contributed by atoms with Gasteiger partial charge in [-0.05, 0) is 47.5 Å². The molecule has 0 unspecified atom stereocenters. The normalized spacial score (nSPS) is 10.8. The van der Waals surface area contributed by atoms with Crippen LogP contribution in [-0.4, -0.2) is 30.5 Å². The Bertz CT molecular complexity index is 855. The molecule has 8 heteroatoms. The first-order valence-corrected chi connectivity index (χ1v) is 8.24. The van der Waals surface area contributed by atoms with Crippen molar-refractivity contribution in [3.8, 4) is 0 Å². The lowest BCUT2D eigenvalue weighted by molar-refractivity contribution is 0.0945. The van der Waals surface area contributed by atoms with Gasteiger partial charge in [0.2, 0.25) is 0 Å². The van der Waals surface area contributed by atoms with Gasteiger partial charge in [-0.15, -0.1) is 0 Å². The molecule has 0 aliphatic heterocycles. The van der Waals surface area contributed by atoms with Gasteiger partial charge in [0, 0.05) is 25.1 Å². The van der Waals surface area contributed by atoms with E-state index in [2.05, 4.69) is 36.4 Å². The van der Waals surface area contributed by atoms with Gasteiger partial charge in [0.1, 0.15) is 12.4 Å². The van der Waals surface area contributed by atoms with Crippen LogP contribution in [0.25, 0.3) is 0 Å². The monoisotopic (exact) mass is 388 g/mol. The number of carbonyl (C=O) groups is 1. The number of aryl methyl sites for hydroxylation is 1. The van der Waals surface area contributed by atoms with Crippen LogP contribution in [-0.2, 0) is 13.2 Å². The third-order valence-electron chi connectivity index (χ3n) is 3.62. The molecule has 0 saturated heterocycles. The topological polar surface area (TPSA) is 77.6 Å². The minimum Gasteiger partial charge on any atom is -0.347 e. The van der Waals surface area contributed by atoms with E-state index in [1.807, 2.05) is 30.7 Å². The molecule has 0 atom stereocenters. The molecule has 3 aromatic rings. The van der Waals surface area contributed by atoms with Crippen molar-refractivity contribution in [3.05, 3.63) is 63.9 Å². The zero-order valence-corrected chi connectivity index (χ0v) is 15.0. The average Bonchev–Trinajstić information content (AvgIpc) is 3.15. The lowest BCUT2D eigenvalue weighted by Gasteiger charge is -2.05. The molecule has 24 heavy (non-hydrogen) atoms. The van der Waals surface area contributed by atoms with Crippen LogP contribution in [0.3, 0.4) is 0 Å². The lowest BCUT2D eigenvalue weighted by Crippen LogP contribution is -2.23. The van der Waals surface area contributed by atoms with Crippen LogP contribution in [0.4, 0.5) is 0 Å². The zero-order chi connectivity index (χ0) is 17.1. The number of pyridine rings is 1. The summed E-state index contributed by atoms with van der Waals surface area (Å²) in [6.07, 6.45) is 5.19. The summed E-state index contributed by atoms with van der Waals surface area (Å²) in [5, 5.41) is 11.6. The van der Waals surface area contributed by atoms with E-state index < -0.39 is 0 Å². The summed E-state index contributed by atoms with van der Waals surface area (Å²) in [5.74, 6) is -0.216. The summed E-state index contributed by atoms with van der Waals surface area (Å²) in [7, 11) is 0. The highest BCUT2D eigenvalue weighted by Gasteiger charge is 2.12. The maximum Gasteiger partial charge on any atom is 0.272 e. The molecule has 0 radical (unpaired) electrons. The Labute approximate surface area is 147 Å². The van der Waals surface area contributed by atoms with E-state index in [0.29, 0.717) is 18.9 Å². The van der Waals surface area contributed by atoms with Gasteiger partial charge in [-0.1, -0.05) is 6.07 Å². The molecule has 1 N–H and O–H groups in total. The number of rotatable bonds is 5. The van der Waals surface area contributed by atoms with Gasteiger partial charge in [0.05, 0.1) is 15.9 Å². The molecular weight excluding hydrogens is 372 g/mol. The Hall–Kier alpha value is -2.48. The molecule has 0 aliphatic rings. The van der Waals surface area contributed by atoms with Gasteiger partial charge in [-0.2, -0.15) is 10.2 Å². The summed E-state index contributed by atoms with van der Waals surface area (Å²) >= 11 is 3.50. The number of carbonyl (C=O) groups excluding carboxylic acids is 1.